The maximum Gasteiger partial charge on any atom is 0.230 e. The van der Waals surface area contributed by atoms with Gasteiger partial charge in [0.25, 0.3) is 0 Å². The lowest BCUT2D eigenvalue weighted by molar-refractivity contribution is -0.164. The molecule has 40 heavy (non-hydrogen) atoms. The molecule has 0 N–H and O–H groups in total. The predicted molar refractivity (Wildman–Crippen MR) is 143 cm³/mol. The zero-order valence-electron chi connectivity index (χ0n) is 22.9. The monoisotopic (exact) mass is 553 g/mol. The number of ketones is 1. The molecule has 2 heterocycles. The summed E-state index contributed by atoms with van der Waals surface area (Å²) in [6.45, 7) is 3.04. The highest BCUT2D eigenvalue weighted by atomic mass is 19.1. The van der Waals surface area contributed by atoms with Gasteiger partial charge in [0.1, 0.15) is 17.4 Å². The maximum absolute atomic E-state index is 14.0. The summed E-state index contributed by atoms with van der Waals surface area (Å²) in [6, 6.07) is 10.1. The van der Waals surface area contributed by atoms with E-state index in [9.17, 15) is 18.4 Å². The Labute approximate surface area is 231 Å². The van der Waals surface area contributed by atoms with E-state index < -0.39 is 23.3 Å². The minimum absolute atomic E-state index is 0.00156. The van der Waals surface area contributed by atoms with E-state index in [1.165, 1.54) is 17.0 Å². The summed E-state index contributed by atoms with van der Waals surface area (Å²) < 4.78 is 46.6. The highest BCUT2D eigenvalue weighted by Crippen LogP contribution is 2.36. The number of nitrogens with zero attached hydrogens (tertiary/aromatic N) is 3. The summed E-state index contributed by atoms with van der Waals surface area (Å²) in [5.41, 5.74) is 3.74. The smallest absolute Gasteiger partial charge is 0.230 e. The first-order valence-electron chi connectivity index (χ1n) is 13.4. The molecule has 1 saturated heterocycles. The fraction of sp³-hybridized carbons (Fsp3) is 0.433. The van der Waals surface area contributed by atoms with Crippen LogP contribution < -0.4 is 9.64 Å². The summed E-state index contributed by atoms with van der Waals surface area (Å²) in [6.07, 6.45) is 1.82. The minimum Gasteiger partial charge on any atom is -0.497 e. The molecule has 1 aliphatic carbocycles. The van der Waals surface area contributed by atoms with E-state index in [-0.39, 0.29) is 31.1 Å². The van der Waals surface area contributed by atoms with Crippen molar-refractivity contribution in [1.82, 2.24) is 9.78 Å². The van der Waals surface area contributed by atoms with Crippen molar-refractivity contribution in [3.63, 3.8) is 0 Å². The molecule has 0 saturated carbocycles. The van der Waals surface area contributed by atoms with E-state index in [1.807, 2.05) is 6.92 Å². The van der Waals surface area contributed by atoms with Gasteiger partial charge in [0.2, 0.25) is 5.91 Å². The second kappa shape index (κ2) is 11.5. The number of Topliss-reactive ketones (excluding diaryl/α,β-unsaturated/α-hetero) is 1. The molecule has 212 valence electrons. The third-order valence-corrected chi connectivity index (χ3v) is 7.71. The number of rotatable bonds is 9. The molecule has 0 radical (unpaired) electrons. The summed E-state index contributed by atoms with van der Waals surface area (Å²) in [5, 5.41) is 4.62. The van der Waals surface area contributed by atoms with Gasteiger partial charge < -0.3 is 19.1 Å². The van der Waals surface area contributed by atoms with Crippen LogP contribution in [-0.4, -0.2) is 54.6 Å². The first-order valence-corrected chi connectivity index (χ1v) is 13.4. The number of carbonyl (C=O) groups is 2. The normalized spacial score (nSPS) is 16.5. The van der Waals surface area contributed by atoms with Crippen molar-refractivity contribution in [1.29, 1.82) is 0 Å². The predicted octanol–water partition coefficient (Wildman–Crippen LogP) is 4.19. The lowest BCUT2D eigenvalue weighted by atomic mass is 9.90. The summed E-state index contributed by atoms with van der Waals surface area (Å²) in [7, 11) is 3.17. The molecule has 5 rings (SSSR count). The van der Waals surface area contributed by atoms with Crippen LogP contribution >= 0.6 is 0 Å². The van der Waals surface area contributed by atoms with Gasteiger partial charge in [0.05, 0.1) is 32.6 Å². The Morgan fingerprint density at radius 2 is 1.80 bits per heavy atom. The number of anilines is 1. The number of carbonyl (C=O) groups excluding carboxylic acids is 2. The molecule has 0 bridgehead atoms. The van der Waals surface area contributed by atoms with E-state index in [4.69, 9.17) is 14.2 Å². The fourth-order valence-electron chi connectivity index (χ4n) is 5.69. The number of aryl methyl sites for hydroxylation is 1. The summed E-state index contributed by atoms with van der Waals surface area (Å²) in [4.78, 5) is 28.5. The van der Waals surface area contributed by atoms with Crippen LogP contribution in [-0.2, 0) is 44.9 Å². The number of aromatic nitrogens is 2. The standard InChI is InChI=1S/C30H33F2N3O5/c1-19-27-17-30(39-10-11-40-30)9-8-28(27)35(33-19)18-25(36)15-21(12-20-13-22(31)16-23(32)14-20)29(37)34(2)24-4-6-26(38-3)7-5-24/h4-7,13-14,16,21H,8-12,15,17-18H2,1-3H3/t21-/m1/s1. The van der Waals surface area contributed by atoms with Crippen LogP contribution in [0, 0.1) is 24.5 Å². The van der Waals surface area contributed by atoms with Crippen molar-refractivity contribution in [3.05, 3.63) is 76.6 Å². The lowest BCUT2D eigenvalue weighted by Crippen LogP contribution is -2.37. The average Bonchev–Trinajstić information content (AvgIpc) is 3.50. The van der Waals surface area contributed by atoms with Crippen LogP contribution in [0.25, 0.3) is 0 Å². The Bertz CT molecular complexity index is 1380. The summed E-state index contributed by atoms with van der Waals surface area (Å²) >= 11 is 0. The molecular weight excluding hydrogens is 520 g/mol. The van der Waals surface area contributed by atoms with E-state index in [0.29, 0.717) is 49.5 Å². The van der Waals surface area contributed by atoms with E-state index in [1.54, 1.807) is 43.1 Å². The van der Waals surface area contributed by atoms with Gasteiger partial charge in [-0.2, -0.15) is 5.10 Å². The topological polar surface area (TPSA) is 82.9 Å². The largest absolute Gasteiger partial charge is 0.497 e. The molecule has 0 unspecified atom stereocenters. The van der Waals surface area contributed by atoms with Crippen molar-refractivity contribution < 1.29 is 32.6 Å². The van der Waals surface area contributed by atoms with Crippen LogP contribution in [0.4, 0.5) is 14.5 Å². The van der Waals surface area contributed by atoms with Gasteiger partial charge in [0.15, 0.2) is 11.6 Å². The van der Waals surface area contributed by atoms with Gasteiger partial charge in [-0.3, -0.25) is 14.3 Å². The zero-order chi connectivity index (χ0) is 28.4. The summed E-state index contributed by atoms with van der Waals surface area (Å²) in [5.74, 6) is -2.81. The molecule has 2 aliphatic rings. The molecule has 1 aromatic heterocycles. The number of hydrogen-bond acceptors (Lipinski definition) is 6. The molecule has 1 atom stereocenters. The number of amides is 1. The van der Waals surface area contributed by atoms with Gasteiger partial charge in [-0.1, -0.05) is 0 Å². The van der Waals surface area contributed by atoms with Crippen LogP contribution in [0.15, 0.2) is 42.5 Å². The van der Waals surface area contributed by atoms with Crippen molar-refractivity contribution in [2.75, 3.05) is 32.3 Å². The van der Waals surface area contributed by atoms with Crippen molar-refractivity contribution in [2.45, 2.75) is 51.4 Å². The Morgan fingerprint density at radius 3 is 2.45 bits per heavy atom. The van der Waals surface area contributed by atoms with E-state index in [0.717, 1.165) is 23.0 Å². The molecule has 2 aromatic carbocycles. The van der Waals surface area contributed by atoms with E-state index in [2.05, 4.69) is 5.10 Å². The van der Waals surface area contributed by atoms with Gasteiger partial charge >= 0.3 is 0 Å². The molecule has 10 heteroatoms. The Kier molecular flexibility index (Phi) is 8.00. The van der Waals surface area contributed by atoms with Crippen LogP contribution in [0.1, 0.15) is 35.4 Å². The highest BCUT2D eigenvalue weighted by molar-refractivity contribution is 5.97. The zero-order valence-corrected chi connectivity index (χ0v) is 22.9. The number of fused-ring (bicyclic) bond motifs is 1. The second-order valence-corrected chi connectivity index (χ2v) is 10.5. The lowest BCUT2D eigenvalue weighted by Gasteiger charge is -2.31. The van der Waals surface area contributed by atoms with Crippen molar-refractivity contribution >= 4 is 17.4 Å². The second-order valence-electron chi connectivity index (χ2n) is 10.5. The Morgan fingerprint density at radius 1 is 1.12 bits per heavy atom. The third kappa shape index (κ3) is 5.93. The number of methoxy groups -OCH3 is 1. The number of hydrogen-bond donors (Lipinski definition) is 0. The highest BCUT2D eigenvalue weighted by Gasteiger charge is 2.42. The molecule has 3 aromatic rings. The van der Waals surface area contributed by atoms with E-state index >= 15 is 0 Å². The van der Waals surface area contributed by atoms with Gasteiger partial charge in [-0.05, 0) is 61.7 Å². The van der Waals surface area contributed by atoms with Crippen LogP contribution in [0.3, 0.4) is 0 Å². The Balaban J connectivity index is 1.35. The fourth-order valence-corrected chi connectivity index (χ4v) is 5.69. The van der Waals surface area contributed by atoms with Crippen molar-refractivity contribution in [2.24, 2.45) is 5.92 Å². The molecular formula is C30H33F2N3O5. The number of ether oxygens (including phenoxy) is 3. The van der Waals surface area contributed by atoms with Crippen LogP contribution in [0.5, 0.6) is 5.75 Å². The maximum atomic E-state index is 14.0. The quantitative estimate of drug-likeness (QED) is 0.395. The SMILES string of the molecule is COc1ccc(N(C)C(=O)[C@@H](CC(=O)Cn2nc(C)c3c2CCC2(C3)OCCO2)Cc2cc(F)cc(F)c2)cc1. The Hall–Kier alpha value is -3.63. The van der Waals surface area contributed by atoms with Crippen molar-refractivity contribution in [3.8, 4) is 5.75 Å². The molecule has 8 nitrogen and oxygen atoms in total. The average molecular weight is 554 g/mol. The first kappa shape index (κ1) is 27.9. The van der Waals surface area contributed by atoms with Crippen LogP contribution in [0.2, 0.25) is 0 Å². The number of halogens is 2. The number of benzene rings is 2. The third-order valence-electron chi connectivity index (χ3n) is 7.71. The van der Waals surface area contributed by atoms with Gasteiger partial charge in [-0.15, -0.1) is 0 Å². The molecule has 1 spiro atoms. The molecule has 1 aliphatic heterocycles. The molecule has 1 fully saturated rings. The van der Waals surface area contributed by atoms with Gasteiger partial charge in [-0.25, -0.2) is 8.78 Å². The molecule has 1 amide bonds. The van der Waals surface area contributed by atoms with Gasteiger partial charge in [0, 0.05) is 55.2 Å². The first-order chi connectivity index (χ1) is 19.2. The minimum atomic E-state index is -0.836.